The van der Waals surface area contributed by atoms with E-state index in [4.69, 9.17) is 10.9 Å². The van der Waals surface area contributed by atoms with Crippen molar-refractivity contribution in [3.63, 3.8) is 0 Å². The van der Waals surface area contributed by atoms with E-state index in [2.05, 4.69) is 10.5 Å². The Morgan fingerprint density at radius 1 is 1.40 bits per heavy atom. The normalized spacial score (nSPS) is 15.9. The molecule has 7 nitrogen and oxygen atoms in total. The van der Waals surface area contributed by atoms with Crippen molar-refractivity contribution in [2.45, 2.75) is 6.42 Å². The van der Waals surface area contributed by atoms with Crippen LogP contribution in [-0.2, 0) is 16.0 Å². The fourth-order valence-corrected chi connectivity index (χ4v) is 1.99. The molecule has 7 heteroatoms. The number of nitrogens with one attached hydrogen (secondary N) is 1. The molecule has 1 aliphatic rings. The zero-order chi connectivity index (χ0) is 14.5. The lowest BCUT2D eigenvalue weighted by Crippen LogP contribution is -2.50. The van der Waals surface area contributed by atoms with Crippen LogP contribution in [0.2, 0.25) is 0 Å². The maximum Gasteiger partial charge on any atom is 0.239 e. The number of hydrogen-bond donors (Lipinski definition) is 3. The van der Waals surface area contributed by atoms with Crippen molar-refractivity contribution in [3.8, 4) is 0 Å². The van der Waals surface area contributed by atoms with Crippen LogP contribution in [0.3, 0.4) is 0 Å². The average Bonchev–Trinajstić information content (AvgIpc) is 2.47. The van der Waals surface area contributed by atoms with Gasteiger partial charge in [0.05, 0.1) is 13.0 Å². The molecule has 1 aromatic carbocycles. The average molecular weight is 276 g/mol. The molecule has 0 saturated carbocycles. The largest absolute Gasteiger partial charge is 0.409 e. The van der Waals surface area contributed by atoms with Gasteiger partial charge < -0.3 is 21.2 Å². The van der Waals surface area contributed by atoms with Gasteiger partial charge in [-0.25, -0.2) is 0 Å². The van der Waals surface area contributed by atoms with Crippen LogP contribution >= 0.6 is 0 Å². The van der Waals surface area contributed by atoms with E-state index in [9.17, 15) is 9.59 Å². The fraction of sp³-hybridized carbons (Fsp3) is 0.308. The van der Waals surface area contributed by atoms with Gasteiger partial charge in [0.2, 0.25) is 11.8 Å². The predicted molar refractivity (Wildman–Crippen MR) is 72.2 cm³/mol. The second kappa shape index (κ2) is 6.05. The molecule has 0 aliphatic carbocycles. The number of hydrogen-bond acceptors (Lipinski definition) is 4. The Bertz CT molecular complexity index is 539. The maximum atomic E-state index is 12.0. The van der Waals surface area contributed by atoms with Crippen molar-refractivity contribution in [1.82, 2.24) is 10.2 Å². The Labute approximate surface area is 116 Å². The second-order valence-electron chi connectivity index (χ2n) is 4.52. The first kappa shape index (κ1) is 13.9. The third kappa shape index (κ3) is 3.25. The Morgan fingerprint density at radius 3 is 2.70 bits per heavy atom. The molecule has 4 N–H and O–H groups in total. The van der Waals surface area contributed by atoms with E-state index < -0.39 is 0 Å². The number of nitrogens with zero attached hydrogens (tertiary/aromatic N) is 2. The van der Waals surface area contributed by atoms with Gasteiger partial charge in [0.1, 0.15) is 0 Å². The molecule has 1 saturated heterocycles. The highest BCUT2D eigenvalue weighted by molar-refractivity contribution is 5.97. The molecular formula is C13H16N4O3. The Balaban J connectivity index is 1.99. The molecule has 0 spiro atoms. The van der Waals surface area contributed by atoms with Crippen molar-refractivity contribution < 1.29 is 14.8 Å². The summed E-state index contributed by atoms with van der Waals surface area (Å²) in [6.45, 7) is 1.14. The van der Waals surface area contributed by atoms with E-state index in [1.807, 2.05) is 0 Å². The van der Waals surface area contributed by atoms with E-state index >= 15 is 0 Å². The fourth-order valence-electron chi connectivity index (χ4n) is 1.99. The number of benzene rings is 1. The first-order valence-electron chi connectivity index (χ1n) is 6.21. The molecule has 0 unspecified atom stereocenters. The molecule has 0 bridgehead atoms. The molecule has 2 rings (SSSR count). The van der Waals surface area contributed by atoms with Gasteiger partial charge in [0.25, 0.3) is 0 Å². The van der Waals surface area contributed by atoms with Crippen molar-refractivity contribution in [1.29, 1.82) is 0 Å². The summed E-state index contributed by atoms with van der Waals surface area (Å²) in [7, 11) is 0. The molecule has 0 atom stereocenters. The smallest absolute Gasteiger partial charge is 0.239 e. The number of rotatable bonds is 3. The number of carbonyl (C=O) groups is 2. The molecule has 1 fully saturated rings. The second-order valence-corrected chi connectivity index (χ2v) is 4.52. The lowest BCUT2D eigenvalue weighted by Gasteiger charge is -2.26. The summed E-state index contributed by atoms with van der Waals surface area (Å²) in [6.07, 6.45) is 0.226. The quantitative estimate of drug-likeness (QED) is 0.293. The van der Waals surface area contributed by atoms with E-state index in [-0.39, 0.29) is 30.6 Å². The van der Waals surface area contributed by atoms with Crippen molar-refractivity contribution in [3.05, 3.63) is 35.4 Å². The van der Waals surface area contributed by atoms with Gasteiger partial charge in [-0.3, -0.25) is 9.59 Å². The predicted octanol–water partition coefficient (Wildman–Crippen LogP) is -0.718. The number of carbonyl (C=O) groups excluding carboxylic acids is 2. The number of nitrogens with two attached hydrogens (primary N) is 1. The van der Waals surface area contributed by atoms with Crippen LogP contribution in [0.5, 0.6) is 0 Å². The summed E-state index contributed by atoms with van der Waals surface area (Å²) in [6, 6.07) is 6.85. The van der Waals surface area contributed by atoms with Crippen LogP contribution in [0, 0.1) is 0 Å². The van der Waals surface area contributed by atoms with E-state index in [1.54, 1.807) is 24.3 Å². The zero-order valence-electron chi connectivity index (χ0n) is 10.9. The zero-order valence-corrected chi connectivity index (χ0v) is 10.9. The molecule has 0 aromatic heterocycles. The lowest BCUT2D eigenvalue weighted by atomic mass is 10.1. The van der Waals surface area contributed by atoms with Gasteiger partial charge in [-0.2, -0.15) is 0 Å². The summed E-state index contributed by atoms with van der Waals surface area (Å²) in [5.41, 5.74) is 6.86. The summed E-state index contributed by atoms with van der Waals surface area (Å²) in [5, 5.41) is 14.1. The van der Waals surface area contributed by atoms with Crippen molar-refractivity contribution in [2.24, 2.45) is 10.9 Å². The molecule has 1 aromatic rings. The minimum atomic E-state index is -0.133. The lowest BCUT2D eigenvalue weighted by molar-refractivity contribution is -0.137. The monoisotopic (exact) mass is 276 g/mol. The maximum absolute atomic E-state index is 12.0. The summed E-state index contributed by atoms with van der Waals surface area (Å²) in [4.78, 5) is 24.8. The van der Waals surface area contributed by atoms with Crippen molar-refractivity contribution in [2.75, 3.05) is 19.6 Å². The molecule has 0 radical (unpaired) electrons. The van der Waals surface area contributed by atoms with Gasteiger partial charge in [0.15, 0.2) is 5.84 Å². The SMILES string of the molecule is NC(=NO)c1ccc(CC(=O)N2CCNC(=O)C2)cc1. The topological polar surface area (TPSA) is 108 Å². The number of oxime groups is 1. The summed E-state index contributed by atoms with van der Waals surface area (Å²) in [5.74, 6) is -0.196. The van der Waals surface area contributed by atoms with Gasteiger partial charge >= 0.3 is 0 Å². The summed E-state index contributed by atoms with van der Waals surface area (Å²) < 4.78 is 0. The van der Waals surface area contributed by atoms with Gasteiger partial charge in [-0.1, -0.05) is 29.4 Å². The third-order valence-corrected chi connectivity index (χ3v) is 3.10. The number of amides is 2. The van der Waals surface area contributed by atoms with Crippen molar-refractivity contribution >= 4 is 17.6 Å². The highest BCUT2D eigenvalue weighted by Gasteiger charge is 2.20. The molecule has 106 valence electrons. The minimum absolute atomic E-state index is 0.0237. The van der Waals surface area contributed by atoms with Crippen LogP contribution in [0.15, 0.2) is 29.4 Å². The Morgan fingerprint density at radius 2 is 2.10 bits per heavy atom. The molecule has 1 aliphatic heterocycles. The highest BCUT2D eigenvalue weighted by Crippen LogP contribution is 2.07. The highest BCUT2D eigenvalue weighted by atomic mass is 16.4. The van der Waals surface area contributed by atoms with Crippen LogP contribution in [0.25, 0.3) is 0 Å². The first-order valence-corrected chi connectivity index (χ1v) is 6.21. The van der Waals surface area contributed by atoms with E-state index in [0.29, 0.717) is 18.7 Å². The number of piperazine rings is 1. The van der Waals surface area contributed by atoms with Gasteiger partial charge in [-0.15, -0.1) is 0 Å². The van der Waals surface area contributed by atoms with E-state index in [0.717, 1.165) is 5.56 Å². The van der Waals surface area contributed by atoms with Gasteiger partial charge in [-0.05, 0) is 5.56 Å². The standard InChI is InChI=1S/C13H16N4O3/c14-13(16-20)10-3-1-9(2-4-10)7-12(19)17-6-5-15-11(18)8-17/h1-4,20H,5-8H2,(H2,14,16)(H,15,18). The van der Waals surface area contributed by atoms with Crippen LogP contribution < -0.4 is 11.1 Å². The van der Waals surface area contributed by atoms with Crippen LogP contribution in [0.1, 0.15) is 11.1 Å². The first-order chi connectivity index (χ1) is 9.60. The molecule has 2 amide bonds. The summed E-state index contributed by atoms with van der Waals surface area (Å²) >= 11 is 0. The Hall–Kier alpha value is -2.57. The van der Waals surface area contributed by atoms with E-state index in [1.165, 1.54) is 4.90 Å². The number of amidine groups is 1. The van der Waals surface area contributed by atoms with Crippen LogP contribution in [0.4, 0.5) is 0 Å². The van der Waals surface area contributed by atoms with Crippen LogP contribution in [-0.4, -0.2) is 47.4 Å². The molecule has 20 heavy (non-hydrogen) atoms. The Kier molecular flexibility index (Phi) is 4.19. The van der Waals surface area contributed by atoms with Gasteiger partial charge in [0, 0.05) is 18.7 Å². The molecular weight excluding hydrogens is 260 g/mol. The third-order valence-electron chi connectivity index (χ3n) is 3.10. The minimum Gasteiger partial charge on any atom is -0.409 e. The molecule has 1 heterocycles.